The molecule has 1 saturated heterocycles. The minimum Gasteiger partial charge on any atom is -0.376 e. The molecule has 4 atom stereocenters. The van der Waals surface area contributed by atoms with Crippen molar-refractivity contribution >= 4 is 0 Å². The van der Waals surface area contributed by atoms with Crippen molar-refractivity contribution in [3.05, 3.63) is 0 Å². The van der Waals surface area contributed by atoms with Crippen LogP contribution in [0, 0.1) is 5.92 Å². The number of rotatable bonds is 5. The fourth-order valence-corrected chi connectivity index (χ4v) is 3.17. The van der Waals surface area contributed by atoms with Gasteiger partial charge in [0.15, 0.2) is 0 Å². The Bertz CT molecular complexity index is 264. The predicted octanol–water partition coefficient (Wildman–Crippen LogP) is 2.77. The van der Waals surface area contributed by atoms with Crippen LogP contribution in [0.15, 0.2) is 0 Å². The summed E-state index contributed by atoms with van der Waals surface area (Å²) in [6, 6.07) is 0. The lowest BCUT2D eigenvalue weighted by Gasteiger charge is -2.33. The second-order valence-corrected chi connectivity index (χ2v) is 6.06. The Labute approximate surface area is 105 Å². The SMILES string of the molecule is CC(C)OCC12CCC(C(C)O1)[C@H]2OC(C)C. The summed E-state index contributed by atoms with van der Waals surface area (Å²) >= 11 is 0. The molecular weight excluding hydrogens is 216 g/mol. The zero-order valence-electron chi connectivity index (χ0n) is 11.7. The molecule has 1 aliphatic carbocycles. The van der Waals surface area contributed by atoms with Crippen LogP contribution in [0.25, 0.3) is 0 Å². The molecule has 2 fully saturated rings. The van der Waals surface area contributed by atoms with Gasteiger partial charge in [-0.1, -0.05) is 0 Å². The lowest BCUT2D eigenvalue weighted by molar-refractivity contribution is -0.152. The van der Waals surface area contributed by atoms with Gasteiger partial charge < -0.3 is 14.2 Å². The van der Waals surface area contributed by atoms with E-state index in [4.69, 9.17) is 14.2 Å². The van der Waals surface area contributed by atoms with Gasteiger partial charge in [0, 0.05) is 5.92 Å². The largest absolute Gasteiger partial charge is 0.376 e. The van der Waals surface area contributed by atoms with E-state index in [0.717, 1.165) is 6.42 Å². The Morgan fingerprint density at radius 1 is 1.24 bits per heavy atom. The van der Waals surface area contributed by atoms with Crippen LogP contribution in [0.4, 0.5) is 0 Å². The third-order valence-electron chi connectivity index (χ3n) is 3.91. The number of hydrogen-bond acceptors (Lipinski definition) is 3. The van der Waals surface area contributed by atoms with Gasteiger partial charge in [-0.3, -0.25) is 0 Å². The normalized spacial score (nSPS) is 40.8. The van der Waals surface area contributed by atoms with Gasteiger partial charge in [0.1, 0.15) is 5.60 Å². The molecule has 2 bridgehead atoms. The van der Waals surface area contributed by atoms with Crippen LogP contribution < -0.4 is 0 Å². The van der Waals surface area contributed by atoms with Crippen molar-refractivity contribution in [2.75, 3.05) is 6.61 Å². The molecule has 0 N–H and O–H groups in total. The van der Waals surface area contributed by atoms with Gasteiger partial charge in [-0.2, -0.15) is 0 Å². The highest BCUT2D eigenvalue weighted by molar-refractivity contribution is 5.08. The van der Waals surface area contributed by atoms with Crippen molar-refractivity contribution in [3.8, 4) is 0 Å². The second kappa shape index (κ2) is 4.87. The fourth-order valence-electron chi connectivity index (χ4n) is 3.17. The zero-order valence-corrected chi connectivity index (χ0v) is 11.7. The molecule has 0 aromatic heterocycles. The van der Waals surface area contributed by atoms with Crippen LogP contribution in [0.3, 0.4) is 0 Å². The van der Waals surface area contributed by atoms with Gasteiger partial charge >= 0.3 is 0 Å². The molecule has 2 rings (SSSR count). The third kappa shape index (κ3) is 2.51. The molecule has 0 radical (unpaired) electrons. The van der Waals surface area contributed by atoms with E-state index >= 15 is 0 Å². The first-order chi connectivity index (χ1) is 7.94. The molecule has 3 heteroatoms. The molecule has 0 amide bonds. The van der Waals surface area contributed by atoms with E-state index in [-0.39, 0.29) is 23.9 Å². The molecular formula is C14H26O3. The summed E-state index contributed by atoms with van der Waals surface area (Å²) in [5, 5.41) is 0. The lowest BCUT2D eigenvalue weighted by atomic mass is 9.98. The monoisotopic (exact) mass is 242 g/mol. The van der Waals surface area contributed by atoms with Crippen LogP contribution in [-0.4, -0.2) is 36.6 Å². The quantitative estimate of drug-likeness (QED) is 0.742. The summed E-state index contributed by atoms with van der Waals surface area (Å²) in [6.07, 6.45) is 3.32. The van der Waals surface area contributed by atoms with Crippen LogP contribution in [0.5, 0.6) is 0 Å². The Hall–Kier alpha value is -0.120. The van der Waals surface area contributed by atoms with Crippen LogP contribution in [0.2, 0.25) is 0 Å². The van der Waals surface area contributed by atoms with Crippen molar-refractivity contribution in [2.45, 2.75) is 77.5 Å². The highest BCUT2D eigenvalue weighted by atomic mass is 16.6. The Kier molecular flexibility index (Phi) is 3.81. The molecule has 0 aromatic rings. The molecule has 0 aromatic carbocycles. The number of fused-ring (bicyclic) bond motifs is 2. The van der Waals surface area contributed by atoms with Crippen molar-refractivity contribution < 1.29 is 14.2 Å². The van der Waals surface area contributed by atoms with Crippen LogP contribution in [-0.2, 0) is 14.2 Å². The maximum absolute atomic E-state index is 6.16. The van der Waals surface area contributed by atoms with Gasteiger partial charge in [0.05, 0.1) is 31.0 Å². The molecule has 0 spiro atoms. The summed E-state index contributed by atoms with van der Waals surface area (Å²) in [7, 11) is 0. The summed E-state index contributed by atoms with van der Waals surface area (Å²) in [5.41, 5.74) is -0.182. The van der Waals surface area contributed by atoms with Crippen molar-refractivity contribution in [1.29, 1.82) is 0 Å². The van der Waals surface area contributed by atoms with Crippen molar-refractivity contribution in [1.82, 2.24) is 0 Å². The zero-order chi connectivity index (χ0) is 12.6. The minimum absolute atomic E-state index is 0.182. The fraction of sp³-hybridized carbons (Fsp3) is 1.00. The van der Waals surface area contributed by atoms with Gasteiger partial charge in [-0.25, -0.2) is 0 Å². The van der Waals surface area contributed by atoms with Crippen molar-refractivity contribution in [3.63, 3.8) is 0 Å². The Morgan fingerprint density at radius 3 is 2.47 bits per heavy atom. The summed E-state index contributed by atoms with van der Waals surface area (Å²) in [5.74, 6) is 0.549. The molecule has 1 heterocycles. The van der Waals surface area contributed by atoms with Gasteiger partial charge in [0.2, 0.25) is 0 Å². The van der Waals surface area contributed by atoms with E-state index in [1.54, 1.807) is 0 Å². The molecule has 17 heavy (non-hydrogen) atoms. The predicted molar refractivity (Wildman–Crippen MR) is 67.1 cm³/mol. The minimum atomic E-state index is -0.182. The van der Waals surface area contributed by atoms with E-state index < -0.39 is 0 Å². The Balaban J connectivity index is 2.07. The molecule has 2 aliphatic rings. The van der Waals surface area contributed by atoms with Gasteiger partial charge in [-0.15, -0.1) is 0 Å². The van der Waals surface area contributed by atoms with E-state index in [2.05, 4.69) is 34.6 Å². The van der Waals surface area contributed by atoms with E-state index in [9.17, 15) is 0 Å². The first-order valence-electron chi connectivity index (χ1n) is 6.89. The molecule has 3 nitrogen and oxygen atoms in total. The number of hydrogen-bond donors (Lipinski definition) is 0. The Morgan fingerprint density at radius 2 is 1.94 bits per heavy atom. The maximum atomic E-state index is 6.16. The summed E-state index contributed by atoms with van der Waals surface area (Å²) in [6.45, 7) is 11.2. The van der Waals surface area contributed by atoms with Gasteiger partial charge in [0.25, 0.3) is 0 Å². The molecule has 3 unspecified atom stereocenters. The molecule has 100 valence electrons. The highest BCUT2D eigenvalue weighted by Gasteiger charge is 2.59. The van der Waals surface area contributed by atoms with Crippen LogP contribution >= 0.6 is 0 Å². The van der Waals surface area contributed by atoms with E-state index in [1.165, 1.54) is 6.42 Å². The van der Waals surface area contributed by atoms with Crippen LogP contribution in [0.1, 0.15) is 47.5 Å². The molecule has 1 aliphatic heterocycles. The van der Waals surface area contributed by atoms with Crippen molar-refractivity contribution in [2.24, 2.45) is 5.92 Å². The van der Waals surface area contributed by atoms with Gasteiger partial charge in [-0.05, 0) is 47.5 Å². The second-order valence-electron chi connectivity index (χ2n) is 6.06. The third-order valence-corrected chi connectivity index (χ3v) is 3.91. The summed E-state index contributed by atoms with van der Waals surface area (Å²) in [4.78, 5) is 0. The standard InChI is InChI=1S/C14H26O3/c1-9(2)15-8-14-7-6-12(11(5)17-14)13(14)16-10(3)4/h9-13H,6-8H2,1-5H3/t11?,12?,13-,14?/m1/s1. The van der Waals surface area contributed by atoms with E-state index in [1.807, 2.05) is 0 Å². The average Bonchev–Trinajstić information content (AvgIpc) is 2.67. The average molecular weight is 242 g/mol. The lowest BCUT2D eigenvalue weighted by Crippen LogP contribution is -2.44. The topological polar surface area (TPSA) is 27.7 Å². The number of ether oxygens (including phenoxy) is 3. The maximum Gasteiger partial charge on any atom is 0.118 e. The smallest absolute Gasteiger partial charge is 0.118 e. The van der Waals surface area contributed by atoms with E-state index in [0.29, 0.717) is 18.6 Å². The molecule has 1 saturated carbocycles. The summed E-state index contributed by atoms with van der Waals surface area (Å²) < 4.78 is 18.1. The first-order valence-corrected chi connectivity index (χ1v) is 6.89. The highest BCUT2D eigenvalue weighted by Crippen LogP contribution is 2.50. The first kappa shape index (κ1) is 13.3.